The van der Waals surface area contributed by atoms with E-state index < -0.39 is 11.0 Å². The van der Waals surface area contributed by atoms with Gasteiger partial charge in [-0.2, -0.15) is 0 Å². The second kappa shape index (κ2) is 7.96. The maximum Gasteiger partial charge on any atom is 0.412 e. The molecule has 2 rings (SSSR count). The Balaban J connectivity index is 2.10. The summed E-state index contributed by atoms with van der Waals surface area (Å²) in [6.45, 7) is 3.60. The van der Waals surface area contributed by atoms with Crippen LogP contribution >= 0.6 is 0 Å². The first kappa shape index (κ1) is 17.3. The Morgan fingerprint density at radius 1 is 1.17 bits per heavy atom. The Morgan fingerprint density at radius 2 is 1.88 bits per heavy atom. The lowest BCUT2D eigenvalue weighted by Crippen LogP contribution is -2.15. The molecule has 0 fully saturated rings. The van der Waals surface area contributed by atoms with Crippen LogP contribution in [-0.2, 0) is 11.3 Å². The number of ether oxygens (including phenoxy) is 2. The minimum atomic E-state index is -0.774. The number of nitro benzene ring substituents is 1. The third kappa shape index (κ3) is 4.70. The molecule has 0 aliphatic rings. The number of nitrogens with one attached hydrogen (secondary N) is 1. The van der Waals surface area contributed by atoms with Crippen LogP contribution in [0, 0.1) is 10.1 Å². The van der Waals surface area contributed by atoms with Crippen LogP contribution in [0.3, 0.4) is 0 Å². The van der Waals surface area contributed by atoms with Crippen molar-refractivity contribution in [2.45, 2.75) is 26.6 Å². The van der Waals surface area contributed by atoms with Crippen molar-refractivity contribution in [2.75, 3.05) is 5.32 Å². The molecule has 2 aromatic carbocycles. The van der Waals surface area contributed by atoms with Gasteiger partial charge in [0.05, 0.1) is 11.0 Å². The first-order valence-electron chi connectivity index (χ1n) is 7.39. The average Bonchev–Trinajstić information content (AvgIpc) is 2.53. The zero-order valence-electron chi connectivity index (χ0n) is 13.4. The molecule has 0 unspecified atom stereocenters. The molecule has 0 bridgehead atoms. The molecule has 0 radical (unpaired) electrons. The van der Waals surface area contributed by atoms with Crippen molar-refractivity contribution >= 4 is 17.5 Å². The van der Waals surface area contributed by atoms with Gasteiger partial charge in [0.1, 0.15) is 12.3 Å². The summed E-state index contributed by atoms with van der Waals surface area (Å²) in [5.74, 6) is 0.0934. The average molecular weight is 330 g/mol. The number of rotatable bonds is 6. The fourth-order valence-electron chi connectivity index (χ4n) is 2.03. The van der Waals surface area contributed by atoms with Crippen LogP contribution in [0.25, 0.3) is 0 Å². The summed E-state index contributed by atoms with van der Waals surface area (Å²) < 4.78 is 10.5. The summed E-state index contributed by atoms with van der Waals surface area (Å²) in [6.07, 6.45) is -1.01. The number of nitrogens with zero attached hydrogens (tertiary/aromatic N) is 1. The van der Waals surface area contributed by atoms with E-state index in [1.165, 1.54) is 12.1 Å². The topological polar surface area (TPSA) is 90.7 Å². The predicted molar refractivity (Wildman–Crippen MR) is 89.1 cm³/mol. The lowest BCUT2D eigenvalue weighted by Gasteiger charge is -2.12. The fraction of sp³-hybridized carbons (Fsp3) is 0.235. The third-order valence-electron chi connectivity index (χ3n) is 2.99. The standard InChI is InChI=1S/C17H18N2O5/c1-12(2)24-15-10-6-9-14(16(15)19(21)22)18-17(20)23-11-13-7-4-3-5-8-13/h3-10,12H,11H2,1-2H3,(H,18,20). The fourth-order valence-corrected chi connectivity index (χ4v) is 2.03. The number of anilines is 1. The van der Waals surface area contributed by atoms with Crippen LogP contribution in [0.2, 0.25) is 0 Å². The molecule has 1 N–H and O–H groups in total. The minimum Gasteiger partial charge on any atom is -0.484 e. The lowest BCUT2D eigenvalue weighted by molar-refractivity contribution is -0.385. The van der Waals surface area contributed by atoms with E-state index in [9.17, 15) is 14.9 Å². The van der Waals surface area contributed by atoms with Crippen molar-refractivity contribution in [3.8, 4) is 5.75 Å². The number of amides is 1. The molecule has 0 saturated carbocycles. The Labute approximate surface area is 139 Å². The van der Waals surface area contributed by atoms with Crippen LogP contribution in [0.4, 0.5) is 16.2 Å². The molecule has 2 aromatic rings. The van der Waals surface area contributed by atoms with E-state index in [-0.39, 0.29) is 29.8 Å². The van der Waals surface area contributed by atoms with E-state index in [1.54, 1.807) is 19.9 Å². The SMILES string of the molecule is CC(C)Oc1cccc(NC(=O)OCc2ccccc2)c1[N+](=O)[O-]. The minimum absolute atomic E-state index is 0.0243. The van der Waals surface area contributed by atoms with Crippen LogP contribution < -0.4 is 10.1 Å². The molecule has 24 heavy (non-hydrogen) atoms. The molecule has 0 saturated heterocycles. The van der Waals surface area contributed by atoms with Gasteiger partial charge in [-0.15, -0.1) is 0 Å². The number of carbonyl (C=O) groups excluding carboxylic acids is 1. The predicted octanol–water partition coefficient (Wildman–Crippen LogP) is 4.13. The Hall–Kier alpha value is -3.09. The van der Waals surface area contributed by atoms with Crippen LogP contribution in [0.1, 0.15) is 19.4 Å². The van der Waals surface area contributed by atoms with Crippen LogP contribution in [0.15, 0.2) is 48.5 Å². The largest absolute Gasteiger partial charge is 0.484 e. The van der Waals surface area contributed by atoms with Gasteiger partial charge in [-0.3, -0.25) is 15.4 Å². The maximum absolute atomic E-state index is 11.9. The van der Waals surface area contributed by atoms with Crippen molar-refractivity contribution in [1.29, 1.82) is 0 Å². The summed E-state index contributed by atoms with van der Waals surface area (Å²) in [5.41, 5.74) is 0.540. The highest BCUT2D eigenvalue weighted by atomic mass is 16.6. The van der Waals surface area contributed by atoms with E-state index in [1.807, 2.05) is 30.3 Å². The van der Waals surface area contributed by atoms with Gasteiger partial charge in [0, 0.05) is 0 Å². The second-order valence-corrected chi connectivity index (χ2v) is 5.26. The first-order valence-corrected chi connectivity index (χ1v) is 7.39. The molecular formula is C17H18N2O5. The number of para-hydroxylation sites is 1. The Kier molecular flexibility index (Phi) is 5.73. The van der Waals surface area contributed by atoms with E-state index in [4.69, 9.17) is 9.47 Å². The summed E-state index contributed by atoms with van der Waals surface area (Å²) in [4.78, 5) is 22.6. The van der Waals surface area contributed by atoms with Gasteiger partial charge in [0.15, 0.2) is 5.75 Å². The van der Waals surface area contributed by atoms with Gasteiger partial charge in [-0.25, -0.2) is 4.79 Å². The molecule has 0 heterocycles. The molecule has 7 heteroatoms. The Bertz CT molecular complexity index is 716. The summed E-state index contributed by atoms with van der Waals surface area (Å²) in [5, 5.41) is 13.7. The first-order chi connectivity index (χ1) is 11.5. The van der Waals surface area contributed by atoms with E-state index in [0.29, 0.717) is 0 Å². The van der Waals surface area contributed by atoms with Crippen molar-refractivity contribution in [1.82, 2.24) is 0 Å². The quantitative estimate of drug-likeness (QED) is 0.635. The lowest BCUT2D eigenvalue weighted by atomic mass is 10.2. The normalized spacial score (nSPS) is 10.3. The monoisotopic (exact) mass is 330 g/mol. The molecule has 1 amide bonds. The number of carbonyl (C=O) groups is 1. The van der Waals surface area contributed by atoms with Crippen molar-refractivity contribution in [3.63, 3.8) is 0 Å². The summed E-state index contributed by atoms with van der Waals surface area (Å²) in [6, 6.07) is 13.6. The zero-order chi connectivity index (χ0) is 17.5. The number of nitro groups is 1. The van der Waals surface area contributed by atoms with Gasteiger partial charge in [0.2, 0.25) is 0 Å². The molecule has 0 atom stereocenters. The Morgan fingerprint density at radius 3 is 2.50 bits per heavy atom. The van der Waals surface area contributed by atoms with Gasteiger partial charge >= 0.3 is 11.8 Å². The second-order valence-electron chi connectivity index (χ2n) is 5.26. The highest BCUT2D eigenvalue weighted by Gasteiger charge is 2.23. The summed E-state index contributed by atoms with van der Waals surface area (Å²) >= 11 is 0. The van der Waals surface area contributed by atoms with E-state index >= 15 is 0 Å². The number of benzene rings is 2. The molecule has 0 aromatic heterocycles. The van der Waals surface area contributed by atoms with Crippen molar-refractivity contribution in [2.24, 2.45) is 0 Å². The van der Waals surface area contributed by atoms with Crippen molar-refractivity contribution in [3.05, 3.63) is 64.2 Å². The van der Waals surface area contributed by atoms with Gasteiger partial charge < -0.3 is 9.47 Å². The van der Waals surface area contributed by atoms with E-state index in [2.05, 4.69) is 5.32 Å². The molecule has 7 nitrogen and oxygen atoms in total. The third-order valence-corrected chi connectivity index (χ3v) is 2.99. The molecular weight excluding hydrogens is 312 g/mol. The van der Waals surface area contributed by atoms with Crippen LogP contribution in [-0.4, -0.2) is 17.1 Å². The van der Waals surface area contributed by atoms with E-state index in [0.717, 1.165) is 5.56 Å². The van der Waals surface area contributed by atoms with Gasteiger partial charge in [0.25, 0.3) is 0 Å². The number of hydrogen-bond donors (Lipinski definition) is 1. The smallest absolute Gasteiger partial charge is 0.412 e. The number of hydrogen-bond acceptors (Lipinski definition) is 5. The molecule has 0 aliphatic heterocycles. The molecule has 0 aliphatic carbocycles. The highest BCUT2D eigenvalue weighted by Crippen LogP contribution is 2.35. The van der Waals surface area contributed by atoms with Gasteiger partial charge in [-0.1, -0.05) is 36.4 Å². The van der Waals surface area contributed by atoms with Crippen molar-refractivity contribution < 1.29 is 19.2 Å². The molecule has 126 valence electrons. The maximum atomic E-state index is 11.9. The van der Waals surface area contributed by atoms with Gasteiger partial charge in [-0.05, 0) is 31.5 Å². The summed E-state index contributed by atoms with van der Waals surface area (Å²) in [7, 11) is 0. The van der Waals surface area contributed by atoms with Crippen LogP contribution in [0.5, 0.6) is 5.75 Å². The highest BCUT2D eigenvalue weighted by molar-refractivity contribution is 5.89. The molecule has 0 spiro atoms. The zero-order valence-corrected chi connectivity index (χ0v) is 13.4.